The van der Waals surface area contributed by atoms with Gasteiger partial charge < -0.3 is 9.84 Å². The van der Waals surface area contributed by atoms with E-state index in [1.807, 2.05) is 25.1 Å². The van der Waals surface area contributed by atoms with Gasteiger partial charge in [-0.2, -0.15) is 0 Å². The second-order valence-corrected chi connectivity index (χ2v) is 4.52. The van der Waals surface area contributed by atoms with Gasteiger partial charge in [0.05, 0.1) is 25.6 Å². The van der Waals surface area contributed by atoms with Gasteiger partial charge in [-0.3, -0.25) is 9.36 Å². The molecule has 20 heavy (non-hydrogen) atoms. The lowest BCUT2D eigenvalue weighted by atomic mass is 10.1. The molecular formula is C15H18N2O3. The monoisotopic (exact) mass is 274 g/mol. The van der Waals surface area contributed by atoms with Crippen molar-refractivity contribution in [2.75, 3.05) is 6.61 Å². The Morgan fingerprint density at radius 1 is 1.40 bits per heavy atom. The second-order valence-electron chi connectivity index (χ2n) is 4.52. The predicted octanol–water partition coefficient (Wildman–Crippen LogP) is 1.74. The molecule has 1 atom stereocenters. The number of benzene rings is 1. The normalized spacial score (nSPS) is 12.2. The maximum absolute atomic E-state index is 11.7. The first kappa shape index (κ1) is 14.3. The van der Waals surface area contributed by atoms with Crippen molar-refractivity contribution in [1.29, 1.82) is 0 Å². The third-order valence-electron chi connectivity index (χ3n) is 3.00. The number of aliphatic hydroxyl groups is 1. The lowest BCUT2D eigenvalue weighted by Gasteiger charge is -2.14. The van der Waals surface area contributed by atoms with Crippen LogP contribution in [0.5, 0.6) is 5.75 Å². The van der Waals surface area contributed by atoms with Crippen LogP contribution in [0.15, 0.2) is 41.6 Å². The maximum atomic E-state index is 11.7. The van der Waals surface area contributed by atoms with Crippen LogP contribution in [-0.2, 0) is 6.54 Å². The number of nitrogens with zero attached hydrogens (tertiary/aromatic N) is 2. The van der Waals surface area contributed by atoms with Crippen LogP contribution < -0.4 is 10.3 Å². The van der Waals surface area contributed by atoms with Crippen LogP contribution in [0.2, 0.25) is 0 Å². The molecule has 0 fully saturated rings. The number of rotatable bonds is 5. The molecule has 0 aliphatic carbocycles. The highest BCUT2D eigenvalue weighted by Crippen LogP contribution is 2.24. The van der Waals surface area contributed by atoms with E-state index in [2.05, 4.69) is 4.98 Å². The summed E-state index contributed by atoms with van der Waals surface area (Å²) in [7, 11) is 0. The van der Waals surface area contributed by atoms with Gasteiger partial charge in [0.1, 0.15) is 5.75 Å². The average Bonchev–Trinajstić information content (AvgIpc) is 2.43. The molecule has 0 radical (unpaired) electrons. The zero-order valence-electron chi connectivity index (χ0n) is 11.6. The Bertz CT molecular complexity index is 635. The van der Waals surface area contributed by atoms with Crippen LogP contribution in [0.25, 0.3) is 0 Å². The van der Waals surface area contributed by atoms with E-state index in [-0.39, 0.29) is 5.56 Å². The number of hydrogen-bond donors (Lipinski definition) is 1. The number of aliphatic hydroxyl groups excluding tert-OH is 1. The molecule has 0 aliphatic rings. The highest BCUT2D eigenvalue weighted by atomic mass is 16.5. The molecule has 5 nitrogen and oxygen atoms in total. The van der Waals surface area contributed by atoms with Crippen molar-refractivity contribution in [3.05, 3.63) is 58.3 Å². The molecule has 1 heterocycles. The molecule has 1 aromatic carbocycles. The largest absolute Gasteiger partial charge is 0.494 e. The van der Waals surface area contributed by atoms with Gasteiger partial charge in [-0.25, -0.2) is 4.98 Å². The van der Waals surface area contributed by atoms with Crippen LogP contribution in [0.1, 0.15) is 31.1 Å². The lowest BCUT2D eigenvalue weighted by molar-refractivity contribution is 0.199. The fourth-order valence-electron chi connectivity index (χ4n) is 1.96. The smallest absolute Gasteiger partial charge is 0.253 e. The molecule has 2 rings (SSSR count). The Labute approximate surface area is 117 Å². The van der Waals surface area contributed by atoms with E-state index >= 15 is 0 Å². The van der Waals surface area contributed by atoms with Crippen molar-refractivity contribution in [2.45, 2.75) is 26.5 Å². The van der Waals surface area contributed by atoms with E-state index in [9.17, 15) is 9.90 Å². The fourth-order valence-corrected chi connectivity index (χ4v) is 1.96. The summed E-state index contributed by atoms with van der Waals surface area (Å²) >= 11 is 0. The van der Waals surface area contributed by atoms with Crippen LogP contribution in [0.4, 0.5) is 0 Å². The van der Waals surface area contributed by atoms with Crippen molar-refractivity contribution in [3.8, 4) is 5.75 Å². The molecule has 0 amide bonds. The summed E-state index contributed by atoms with van der Waals surface area (Å²) in [5.41, 5.74) is 1.52. The lowest BCUT2D eigenvalue weighted by Crippen LogP contribution is -2.19. The highest BCUT2D eigenvalue weighted by Gasteiger charge is 2.09. The molecule has 2 aromatic rings. The van der Waals surface area contributed by atoms with Crippen LogP contribution in [-0.4, -0.2) is 21.3 Å². The van der Waals surface area contributed by atoms with Crippen molar-refractivity contribution in [1.82, 2.24) is 9.55 Å². The number of hydrogen-bond acceptors (Lipinski definition) is 4. The van der Waals surface area contributed by atoms with Gasteiger partial charge in [-0.05, 0) is 31.5 Å². The molecule has 1 aromatic heterocycles. The summed E-state index contributed by atoms with van der Waals surface area (Å²) in [5, 5.41) is 9.67. The zero-order chi connectivity index (χ0) is 14.5. The summed E-state index contributed by atoms with van der Waals surface area (Å²) in [6.45, 7) is 4.52. The third-order valence-corrected chi connectivity index (χ3v) is 3.00. The molecule has 0 spiro atoms. The molecule has 0 aliphatic heterocycles. The van der Waals surface area contributed by atoms with Crippen LogP contribution in [0, 0.1) is 0 Å². The first-order valence-electron chi connectivity index (χ1n) is 6.56. The van der Waals surface area contributed by atoms with E-state index < -0.39 is 6.10 Å². The highest BCUT2D eigenvalue weighted by molar-refractivity contribution is 5.38. The summed E-state index contributed by atoms with van der Waals surface area (Å²) in [6, 6.07) is 6.92. The molecule has 0 bridgehead atoms. The molecule has 1 N–H and O–H groups in total. The summed E-state index contributed by atoms with van der Waals surface area (Å²) in [4.78, 5) is 15.7. The SMILES string of the molecule is CCOc1ccc(C(C)O)cc1Cn1cnccc1=O. The molecule has 0 saturated carbocycles. The van der Waals surface area contributed by atoms with Crippen LogP contribution in [0.3, 0.4) is 0 Å². The van der Waals surface area contributed by atoms with Gasteiger partial charge in [0.25, 0.3) is 5.56 Å². The Balaban J connectivity index is 2.39. The average molecular weight is 274 g/mol. The van der Waals surface area contributed by atoms with Crippen molar-refractivity contribution in [2.24, 2.45) is 0 Å². The number of aromatic nitrogens is 2. The molecule has 5 heteroatoms. The summed E-state index contributed by atoms with van der Waals surface area (Å²) in [5.74, 6) is 0.715. The Morgan fingerprint density at radius 2 is 2.20 bits per heavy atom. The first-order valence-corrected chi connectivity index (χ1v) is 6.56. The van der Waals surface area contributed by atoms with Gasteiger partial charge in [-0.15, -0.1) is 0 Å². The van der Waals surface area contributed by atoms with Crippen molar-refractivity contribution < 1.29 is 9.84 Å². The maximum Gasteiger partial charge on any atom is 0.253 e. The summed E-state index contributed by atoms with van der Waals surface area (Å²) in [6.07, 6.45) is 2.40. The summed E-state index contributed by atoms with van der Waals surface area (Å²) < 4.78 is 7.07. The Kier molecular flexibility index (Phi) is 4.53. The van der Waals surface area contributed by atoms with E-state index in [4.69, 9.17) is 4.74 Å². The standard InChI is InChI=1S/C15H18N2O3/c1-3-20-14-5-4-12(11(2)18)8-13(14)9-17-10-16-7-6-15(17)19/h4-8,10-11,18H,3,9H2,1-2H3. The van der Waals surface area contributed by atoms with Crippen LogP contribution >= 0.6 is 0 Å². The minimum atomic E-state index is -0.560. The van der Waals surface area contributed by atoms with Crippen molar-refractivity contribution in [3.63, 3.8) is 0 Å². The molecular weight excluding hydrogens is 256 g/mol. The third kappa shape index (κ3) is 3.24. The minimum Gasteiger partial charge on any atom is -0.494 e. The molecule has 1 unspecified atom stereocenters. The number of ether oxygens (including phenoxy) is 1. The fraction of sp³-hybridized carbons (Fsp3) is 0.333. The molecule has 106 valence electrons. The Morgan fingerprint density at radius 3 is 2.85 bits per heavy atom. The van der Waals surface area contributed by atoms with Gasteiger partial charge in [-0.1, -0.05) is 6.07 Å². The molecule has 0 saturated heterocycles. The van der Waals surface area contributed by atoms with Gasteiger partial charge >= 0.3 is 0 Å². The minimum absolute atomic E-state index is 0.120. The van der Waals surface area contributed by atoms with Gasteiger partial charge in [0.2, 0.25) is 0 Å². The van der Waals surface area contributed by atoms with E-state index in [1.165, 1.54) is 23.2 Å². The topological polar surface area (TPSA) is 64.3 Å². The first-order chi connectivity index (χ1) is 9.61. The van der Waals surface area contributed by atoms with Gasteiger partial charge in [0, 0.05) is 17.8 Å². The van der Waals surface area contributed by atoms with E-state index in [0.717, 1.165) is 11.1 Å². The zero-order valence-corrected chi connectivity index (χ0v) is 11.6. The Hall–Kier alpha value is -2.14. The van der Waals surface area contributed by atoms with Gasteiger partial charge in [0.15, 0.2) is 0 Å². The van der Waals surface area contributed by atoms with E-state index in [0.29, 0.717) is 18.9 Å². The second kappa shape index (κ2) is 6.34. The quantitative estimate of drug-likeness (QED) is 0.902. The predicted molar refractivity (Wildman–Crippen MR) is 75.8 cm³/mol. The van der Waals surface area contributed by atoms with E-state index in [1.54, 1.807) is 6.92 Å². The van der Waals surface area contributed by atoms with Crippen molar-refractivity contribution >= 4 is 0 Å².